The van der Waals surface area contributed by atoms with Crippen molar-refractivity contribution in [2.75, 3.05) is 58.0 Å². The monoisotopic (exact) mass is 320 g/mol. The van der Waals surface area contributed by atoms with Crippen molar-refractivity contribution >= 4 is 11.9 Å². The van der Waals surface area contributed by atoms with Crippen LogP contribution in [0.2, 0.25) is 0 Å². The molecule has 0 saturated carbocycles. The summed E-state index contributed by atoms with van der Waals surface area (Å²) < 4.78 is 10.8. The van der Waals surface area contributed by atoms with Crippen LogP contribution < -0.4 is 4.90 Å². The van der Waals surface area contributed by atoms with Crippen LogP contribution in [0.5, 0.6) is 0 Å². The molecule has 3 rings (SSSR count). The third-order valence-electron chi connectivity index (χ3n) is 4.59. The van der Waals surface area contributed by atoms with Gasteiger partial charge in [0, 0.05) is 51.1 Å². The first kappa shape index (κ1) is 16.1. The van der Waals surface area contributed by atoms with E-state index in [-0.39, 0.29) is 11.3 Å². The molecular formula is C16H24N4O3. The predicted octanol–water partition coefficient (Wildman–Crippen LogP) is 0.568. The lowest BCUT2D eigenvalue weighted by molar-refractivity contribution is -0.133. The Hall–Kier alpha value is -1.73. The smallest absolute Gasteiger partial charge is 0.225 e. The molecule has 1 spiro atoms. The fraction of sp³-hybridized carbons (Fsp3) is 0.688. The summed E-state index contributed by atoms with van der Waals surface area (Å²) in [7, 11) is 1.62. The maximum Gasteiger partial charge on any atom is 0.225 e. The summed E-state index contributed by atoms with van der Waals surface area (Å²) in [6, 6.07) is 1.82. The highest BCUT2D eigenvalue weighted by Gasteiger charge is 2.42. The molecule has 0 aliphatic carbocycles. The molecule has 0 N–H and O–H groups in total. The number of amides is 1. The molecule has 1 aromatic heterocycles. The van der Waals surface area contributed by atoms with E-state index < -0.39 is 0 Å². The molecule has 2 fully saturated rings. The van der Waals surface area contributed by atoms with Crippen LogP contribution in [0.3, 0.4) is 0 Å². The van der Waals surface area contributed by atoms with Gasteiger partial charge in [0.05, 0.1) is 26.2 Å². The number of hydrogen-bond donors (Lipinski definition) is 0. The first-order chi connectivity index (χ1) is 11.2. The van der Waals surface area contributed by atoms with Crippen molar-refractivity contribution in [3.05, 3.63) is 18.5 Å². The molecule has 2 aliphatic rings. The molecule has 0 bridgehead atoms. The second-order valence-electron chi connectivity index (χ2n) is 6.33. The zero-order chi connectivity index (χ0) is 16.1. The Kier molecular flexibility index (Phi) is 5.07. The van der Waals surface area contributed by atoms with Crippen molar-refractivity contribution in [2.24, 2.45) is 5.41 Å². The van der Waals surface area contributed by atoms with Gasteiger partial charge in [-0.25, -0.2) is 9.97 Å². The van der Waals surface area contributed by atoms with Crippen LogP contribution in [0.4, 0.5) is 5.95 Å². The fourth-order valence-electron chi connectivity index (χ4n) is 3.36. The lowest BCUT2D eigenvalue weighted by Gasteiger charge is -2.31. The quantitative estimate of drug-likeness (QED) is 0.808. The van der Waals surface area contributed by atoms with Gasteiger partial charge in [-0.15, -0.1) is 0 Å². The lowest BCUT2D eigenvalue weighted by Crippen LogP contribution is -2.43. The summed E-state index contributed by atoms with van der Waals surface area (Å²) in [6.07, 6.45) is 4.94. The van der Waals surface area contributed by atoms with Gasteiger partial charge in [0.1, 0.15) is 0 Å². The van der Waals surface area contributed by atoms with Gasteiger partial charge in [-0.05, 0) is 12.5 Å². The Bertz CT molecular complexity index is 527. The van der Waals surface area contributed by atoms with Crippen molar-refractivity contribution in [1.29, 1.82) is 0 Å². The van der Waals surface area contributed by atoms with Gasteiger partial charge in [0.2, 0.25) is 11.9 Å². The first-order valence-electron chi connectivity index (χ1n) is 8.09. The Morgan fingerprint density at radius 2 is 2.17 bits per heavy atom. The van der Waals surface area contributed by atoms with Crippen LogP contribution in [0, 0.1) is 5.41 Å². The average Bonchev–Trinajstić information content (AvgIpc) is 2.88. The maximum atomic E-state index is 12.4. The van der Waals surface area contributed by atoms with Crippen molar-refractivity contribution in [3.8, 4) is 0 Å². The molecule has 0 radical (unpaired) electrons. The first-order valence-corrected chi connectivity index (χ1v) is 8.09. The Balaban J connectivity index is 1.67. The molecule has 7 nitrogen and oxygen atoms in total. The molecular weight excluding hydrogens is 296 g/mol. The van der Waals surface area contributed by atoms with E-state index in [1.165, 1.54) is 0 Å². The standard InChI is InChI=1S/C16H24N4O3/c1-22-9-3-14(21)19-8-10-23-13-16(11-19)4-7-20(12-16)15-17-5-2-6-18-15/h2,5-6H,3-4,7-13H2,1H3. The highest BCUT2D eigenvalue weighted by atomic mass is 16.5. The topological polar surface area (TPSA) is 67.8 Å². The van der Waals surface area contributed by atoms with E-state index in [2.05, 4.69) is 14.9 Å². The summed E-state index contributed by atoms with van der Waals surface area (Å²) >= 11 is 0. The SMILES string of the molecule is COCCC(=O)N1CCOCC2(CCN(c3ncccn3)C2)C1. The van der Waals surface area contributed by atoms with Crippen LogP contribution in [0.15, 0.2) is 18.5 Å². The highest BCUT2D eigenvalue weighted by Crippen LogP contribution is 2.34. The fourth-order valence-corrected chi connectivity index (χ4v) is 3.36. The van der Waals surface area contributed by atoms with Gasteiger partial charge in [-0.3, -0.25) is 4.79 Å². The minimum Gasteiger partial charge on any atom is -0.384 e. The van der Waals surface area contributed by atoms with E-state index in [1.54, 1.807) is 19.5 Å². The largest absolute Gasteiger partial charge is 0.384 e. The van der Waals surface area contributed by atoms with Crippen molar-refractivity contribution in [1.82, 2.24) is 14.9 Å². The minimum absolute atomic E-state index is 0.0293. The second kappa shape index (κ2) is 7.23. The third-order valence-corrected chi connectivity index (χ3v) is 4.59. The van der Waals surface area contributed by atoms with Gasteiger partial charge in [0.25, 0.3) is 0 Å². The van der Waals surface area contributed by atoms with Crippen LogP contribution in [-0.4, -0.2) is 73.9 Å². The van der Waals surface area contributed by atoms with E-state index in [0.29, 0.717) is 32.8 Å². The number of carbonyl (C=O) groups excluding carboxylic acids is 1. The number of rotatable bonds is 4. The van der Waals surface area contributed by atoms with Crippen molar-refractivity contribution in [2.45, 2.75) is 12.8 Å². The third kappa shape index (κ3) is 3.79. The molecule has 1 atom stereocenters. The molecule has 1 amide bonds. The maximum absolute atomic E-state index is 12.4. The summed E-state index contributed by atoms with van der Waals surface area (Å²) in [6.45, 7) is 4.86. The molecule has 23 heavy (non-hydrogen) atoms. The zero-order valence-electron chi connectivity index (χ0n) is 13.6. The van der Waals surface area contributed by atoms with Gasteiger partial charge in [-0.2, -0.15) is 0 Å². The van der Waals surface area contributed by atoms with Gasteiger partial charge in [-0.1, -0.05) is 0 Å². The van der Waals surface area contributed by atoms with Crippen LogP contribution in [0.25, 0.3) is 0 Å². The predicted molar refractivity (Wildman–Crippen MR) is 85.2 cm³/mol. The van der Waals surface area contributed by atoms with Crippen LogP contribution in [0.1, 0.15) is 12.8 Å². The molecule has 3 heterocycles. The number of anilines is 1. The lowest BCUT2D eigenvalue weighted by atomic mass is 9.87. The number of aromatic nitrogens is 2. The molecule has 2 saturated heterocycles. The van der Waals surface area contributed by atoms with Crippen LogP contribution >= 0.6 is 0 Å². The number of nitrogens with zero attached hydrogens (tertiary/aromatic N) is 4. The summed E-state index contributed by atoms with van der Waals surface area (Å²) in [5.74, 6) is 0.900. The number of methoxy groups -OCH3 is 1. The Morgan fingerprint density at radius 3 is 2.96 bits per heavy atom. The zero-order valence-corrected chi connectivity index (χ0v) is 13.6. The van der Waals surface area contributed by atoms with E-state index in [4.69, 9.17) is 9.47 Å². The van der Waals surface area contributed by atoms with Crippen molar-refractivity contribution < 1.29 is 14.3 Å². The molecule has 1 unspecified atom stereocenters. The summed E-state index contributed by atoms with van der Waals surface area (Å²) in [4.78, 5) is 25.1. The summed E-state index contributed by atoms with van der Waals surface area (Å²) in [5.41, 5.74) is -0.0293. The molecule has 0 aromatic carbocycles. The number of ether oxygens (including phenoxy) is 2. The van der Waals surface area contributed by atoms with Gasteiger partial charge in [0.15, 0.2) is 0 Å². The van der Waals surface area contributed by atoms with E-state index in [1.807, 2.05) is 11.0 Å². The Labute approximate surface area is 136 Å². The van der Waals surface area contributed by atoms with E-state index >= 15 is 0 Å². The van der Waals surface area contributed by atoms with Gasteiger partial charge >= 0.3 is 0 Å². The molecule has 2 aliphatic heterocycles. The highest BCUT2D eigenvalue weighted by molar-refractivity contribution is 5.76. The number of carbonyl (C=O) groups is 1. The van der Waals surface area contributed by atoms with Crippen molar-refractivity contribution in [3.63, 3.8) is 0 Å². The molecule has 126 valence electrons. The molecule has 7 heteroatoms. The molecule has 1 aromatic rings. The Morgan fingerprint density at radius 1 is 1.35 bits per heavy atom. The van der Waals surface area contributed by atoms with Gasteiger partial charge < -0.3 is 19.3 Å². The van der Waals surface area contributed by atoms with E-state index in [0.717, 1.165) is 32.0 Å². The average molecular weight is 320 g/mol. The minimum atomic E-state index is -0.0293. The van der Waals surface area contributed by atoms with Crippen LogP contribution in [-0.2, 0) is 14.3 Å². The second-order valence-corrected chi connectivity index (χ2v) is 6.33. The normalized spacial score (nSPS) is 24.9. The number of hydrogen-bond acceptors (Lipinski definition) is 6. The van der Waals surface area contributed by atoms with E-state index in [9.17, 15) is 4.79 Å². The summed E-state index contributed by atoms with van der Waals surface area (Å²) in [5, 5.41) is 0.